The van der Waals surface area contributed by atoms with Gasteiger partial charge in [-0.3, -0.25) is 0 Å². The monoisotopic (exact) mass is 268 g/mol. The van der Waals surface area contributed by atoms with Crippen LogP contribution in [0.4, 0.5) is 0 Å². The van der Waals surface area contributed by atoms with Gasteiger partial charge in [0, 0.05) is 12.7 Å². The van der Waals surface area contributed by atoms with E-state index in [0.29, 0.717) is 31.3 Å². The summed E-state index contributed by atoms with van der Waals surface area (Å²) in [6.07, 6.45) is 2.10. The number of carbonyl (C=O) groups is 1. The Hall–Kier alpha value is -1.75. The predicted octanol–water partition coefficient (Wildman–Crippen LogP) is 2.59. The fraction of sp³-hybridized carbons (Fsp3) is 0.500. The van der Waals surface area contributed by atoms with Crippen LogP contribution in [-0.2, 0) is 4.74 Å². The van der Waals surface area contributed by atoms with Crippen molar-refractivity contribution in [3.05, 3.63) is 23.8 Å². The number of carboxylic acids is 1. The lowest BCUT2D eigenvalue weighted by atomic mass is 10.2. The van der Waals surface area contributed by atoms with Crippen molar-refractivity contribution in [1.29, 1.82) is 0 Å². The topological polar surface area (TPSA) is 65.0 Å². The SMILES string of the molecule is CCCCOCCOc1cc(OC)ccc1C(=O)O. The van der Waals surface area contributed by atoms with Crippen LogP contribution in [-0.4, -0.2) is 38.0 Å². The molecule has 0 aliphatic rings. The van der Waals surface area contributed by atoms with Gasteiger partial charge in [0.2, 0.25) is 0 Å². The Labute approximate surface area is 113 Å². The number of rotatable bonds is 9. The standard InChI is InChI=1S/C14H20O5/c1-3-4-7-18-8-9-19-13-10-11(17-2)5-6-12(13)14(15)16/h5-6,10H,3-4,7-9H2,1-2H3,(H,15,16). The van der Waals surface area contributed by atoms with Crippen LogP contribution in [0.1, 0.15) is 30.1 Å². The molecule has 0 atom stereocenters. The molecule has 0 amide bonds. The van der Waals surface area contributed by atoms with Crippen molar-refractivity contribution >= 4 is 5.97 Å². The first-order valence-electron chi connectivity index (χ1n) is 6.31. The molecule has 0 saturated carbocycles. The molecular weight excluding hydrogens is 248 g/mol. The summed E-state index contributed by atoms with van der Waals surface area (Å²) in [6.45, 7) is 3.55. The van der Waals surface area contributed by atoms with Gasteiger partial charge < -0.3 is 19.3 Å². The fourth-order valence-corrected chi connectivity index (χ4v) is 1.48. The van der Waals surface area contributed by atoms with Crippen molar-refractivity contribution in [3.8, 4) is 11.5 Å². The minimum absolute atomic E-state index is 0.120. The summed E-state index contributed by atoms with van der Waals surface area (Å²) in [7, 11) is 1.52. The van der Waals surface area contributed by atoms with Gasteiger partial charge >= 0.3 is 5.97 Å². The first kappa shape index (κ1) is 15.3. The third kappa shape index (κ3) is 5.18. The number of carboxylic acid groups (broad SMARTS) is 1. The largest absolute Gasteiger partial charge is 0.497 e. The van der Waals surface area contributed by atoms with Crippen molar-refractivity contribution in [2.45, 2.75) is 19.8 Å². The molecule has 0 fully saturated rings. The number of methoxy groups -OCH3 is 1. The number of hydrogen-bond donors (Lipinski definition) is 1. The van der Waals surface area contributed by atoms with E-state index in [1.165, 1.54) is 13.2 Å². The molecular formula is C14H20O5. The van der Waals surface area contributed by atoms with Gasteiger partial charge in [0.25, 0.3) is 0 Å². The summed E-state index contributed by atoms with van der Waals surface area (Å²) in [5.74, 6) is -0.164. The normalized spacial score (nSPS) is 10.2. The van der Waals surface area contributed by atoms with Crippen LogP contribution >= 0.6 is 0 Å². The van der Waals surface area contributed by atoms with E-state index in [1.807, 2.05) is 0 Å². The van der Waals surface area contributed by atoms with Gasteiger partial charge in [-0.2, -0.15) is 0 Å². The molecule has 1 rings (SSSR count). The highest BCUT2D eigenvalue weighted by Gasteiger charge is 2.12. The van der Waals surface area contributed by atoms with E-state index in [9.17, 15) is 4.79 Å². The zero-order valence-corrected chi connectivity index (χ0v) is 11.3. The first-order chi connectivity index (χ1) is 9.19. The molecule has 1 N–H and O–H groups in total. The Morgan fingerprint density at radius 2 is 2.05 bits per heavy atom. The van der Waals surface area contributed by atoms with Crippen LogP contribution in [0.15, 0.2) is 18.2 Å². The van der Waals surface area contributed by atoms with Crippen LogP contribution < -0.4 is 9.47 Å². The molecule has 5 heteroatoms. The van der Waals surface area contributed by atoms with Gasteiger partial charge in [0.15, 0.2) is 0 Å². The van der Waals surface area contributed by atoms with E-state index in [-0.39, 0.29) is 5.56 Å². The Morgan fingerprint density at radius 3 is 2.68 bits per heavy atom. The van der Waals surface area contributed by atoms with Crippen molar-refractivity contribution in [2.75, 3.05) is 26.9 Å². The van der Waals surface area contributed by atoms with E-state index in [1.54, 1.807) is 12.1 Å². The van der Waals surface area contributed by atoms with Crippen LogP contribution in [0.25, 0.3) is 0 Å². The van der Waals surface area contributed by atoms with E-state index in [2.05, 4.69) is 6.92 Å². The van der Waals surface area contributed by atoms with Crippen molar-refractivity contribution in [2.24, 2.45) is 0 Å². The molecule has 1 aromatic carbocycles. The smallest absolute Gasteiger partial charge is 0.339 e. The van der Waals surface area contributed by atoms with Gasteiger partial charge in [0.1, 0.15) is 23.7 Å². The third-order valence-corrected chi connectivity index (χ3v) is 2.55. The summed E-state index contributed by atoms with van der Waals surface area (Å²) in [5, 5.41) is 9.05. The van der Waals surface area contributed by atoms with Gasteiger partial charge in [-0.1, -0.05) is 13.3 Å². The molecule has 0 spiro atoms. The fourth-order valence-electron chi connectivity index (χ4n) is 1.48. The van der Waals surface area contributed by atoms with Crippen molar-refractivity contribution in [3.63, 3.8) is 0 Å². The van der Waals surface area contributed by atoms with E-state index >= 15 is 0 Å². The molecule has 0 aliphatic heterocycles. The summed E-state index contributed by atoms with van der Waals surface area (Å²) >= 11 is 0. The molecule has 1 aromatic rings. The second-order valence-corrected chi connectivity index (χ2v) is 3.98. The second kappa shape index (κ2) is 8.37. The van der Waals surface area contributed by atoms with Crippen molar-refractivity contribution in [1.82, 2.24) is 0 Å². The molecule has 0 aromatic heterocycles. The maximum atomic E-state index is 11.0. The van der Waals surface area contributed by atoms with E-state index < -0.39 is 5.97 Å². The third-order valence-electron chi connectivity index (χ3n) is 2.55. The number of ether oxygens (including phenoxy) is 3. The van der Waals surface area contributed by atoms with E-state index in [0.717, 1.165) is 12.8 Å². The highest BCUT2D eigenvalue weighted by molar-refractivity contribution is 5.91. The maximum Gasteiger partial charge on any atom is 0.339 e. The summed E-state index contributed by atoms with van der Waals surface area (Å²) < 4.78 is 15.8. The van der Waals surface area contributed by atoms with Crippen LogP contribution in [0.2, 0.25) is 0 Å². The molecule has 0 unspecified atom stereocenters. The van der Waals surface area contributed by atoms with Crippen LogP contribution in [0.5, 0.6) is 11.5 Å². The minimum atomic E-state index is -1.02. The Morgan fingerprint density at radius 1 is 1.26 bits per heavy atom. The Balaban J connectivity index is 2.52. The highest BCUT2D eigenvalue weighted by Crippen LogP contribution is 2.24. The highest BCUT2D eigenvalue weighted by atomic mass is 16.5. The van der Waals surface area contributed by atoms with Crippen LogP contribution in [0, 0.1) is 0 Å². The second-order valence-electron chi connectivity index (χ2n) is 3.98. The average molecular weight is 268 g/mol. The lowest BCUT2D eigenvalue weighted by molar-refractivity contribution is 0.0684. The van der Waals surface area contributed by atoms with Gasteiger partial charge in [0.05, 0.1) is 13.7 Å². The number of unbranched alkanes of at least 4 members (excludes halogenated alkanes) is 1. The lowest BCUT2D eigenvalue weighted by Crippen LogP contribution is -2.10. The van der Waals surface area contributed by atoms with Gasteiger partial charge in [-0.05, 0) is 18.6 Å². The molecule has 106 valence electrons. The Bertz CT molecular complexity index is 403. The van der Waals surface area contributed by atoms with Gasteiger partial charge in [-0.15, -0.1) is 0 Å². The molecule has 0 saturated heterocycles. The molecule has 0 bridgehead atoms. The lowest BCUT2D eigenvalue weighted by Gasteiger charge is -2.11. The predicted molar refractivity (Wildman–Crippen MR) is 71.2 cm³/mol. The molecule has 19 heavy (non-hydrogen) atoms. The molecule has 0 heterocycles. The first-order valence-corrected chi connectivity index (χ1v) is 6.31. The quantitative estimate of drug-likeness (QED) is 0.697. The molecule has 5 nitrogen and oxygen atoms in total. The van der Waals surface area contributed by atoms with Crippen LogP contribution in [0.3, 0.4) is 0 Å². The number of hydrogen-bond acceptors (Lipinski definition) is 4. The maximum absolute atomic E-state index is 11.0. The summed E-state index contributed by atoms with van der Waals surface area (Å²) in [5.41, 5.74) is 0.120. The number of benzene rings is 1. The number of aromatic carboxylic acids is 1. The van der Waals surface area contributed by atoms with Crippen molar-refractivity contribution < 1.29 is 24.1 Å². The molecule has 0 aliphatic carbocycles. The molecule has 0 radical (unpaired) electrons. The zero-order valence-electron chi connectivity index (χ0n) is 11.3. The summed E-state index contributed by atoms with van der Waals surface area (Å²) in [6, 6.07) is 4.62. The average Bonchev–Trinajstić information content (AvgIpc) is 2.42. The Kier molecular flexibility index (Phi) is 6.74. The van der Waals surface area contributed by atoms with E-state index in [4.69, 9.17) is 19.3 Å². The zero-order chi connectivity index (χ0) is 14.1. The minimum Gasteiger partial charge on any atom is -0.497 e. The van der Waals surface area contributed by atoms with Gasteiger partial charge in [-0.25, -0.2) is 4.79 Å². The summed E-state index contributed by atoms with van der Waals surface area (Å²) in [4.78, 5) is 11.0.